The highest BCUT2D eigenvalue weighted by atomic mass is 16.5. The third-order valence-corrected chi connectivity index (χ3v) is 3.34. The highest BCUT2D eigenvalue weighted by Gasteiger charge is 2.14. The van der Waals surface area contributed by atoms with Gasteiger partial charge in [0.1, 0.15) is 11.9 Å². The minimum Gasteiger partial charge on any atom is -0.493 e. The quantitative estimate of drug-likeness (QED) is 0.910. The fraction of sp³-hybridized carbons (Fsp3) is 0.333. The van der Waals surface area contributed by atoms with E-state index in [-0.39, 0.29) is 0 Å². The highest BCUT2D eigenvalue weighted by Crippen LogP contribution is 2.27. The zero-order valence-electron chi connectivity index (χ0n) is 10.6. The molecule has 0 amide bonds. The van der Waals surface area contributed by atoms with Gasteiger partial charge >= 0.3 is 0 Å². The van der Waals surface area contributed by atoms with Crippen LogP contribution < -0.4 is 4.74 Å². The van der Waals surface area contributed by atoms with Crippen molar-refractivity contribution in [3.63, 3.8) is 0 Å². The van der Waals surface area contributed by atoms with Gasteiger partial charge in [0, 0.05) is 18.8 Å². The lowest BCUT2D eigenvalue weighted by atomic mass is 10.0. The van der Waals surface area contributed by atoms with Crippen LogP contribution in [-0.2, 0) is 12.8 Å². The summed E-state index contributed by atoms with van der Waals surface area (Å²) in [6.07, 6.45) is 5.12. The summed E-state index contributed by atoms with van der Waals surface area (Å²) in [4.78, 5) is 8.14. The molecule has 4 nitrogen and oxygen atoms in total. The first-order valence-corrected chi connectivity index (χ1v) is 6.52. The van der Waals surface area contributed by atoms with Crippen molar-refractivity contribution < 1.29 is 9.84 Å². The molecule has 19 heavy (non-hydrogen) atoms. The average molecular weight is 256 g/mol. The predicted molar refractivity (Wildman–Crippen MR) is 71.0 cm³/mol. The molecular formula is C15H16N2O2. The average Bonchev–Trinajstić information content (AvgIpc) is 2.93. The number of aliphatic hydroxyl groups is 1. The Morgan fingerprint density at radius 3 is 2.95 bits per heavy atom. The second-order valence-corrected chi connectivity index (χ2v) is 4.70. The van der Waals surface area contributed by atoms with E-state index in [4.69, 9.17) is 4.74 Å². The smallest absolute Gasteiger partial charge is 0.156 e. The number of rotatable bonds is 4. The van der Waals surface area contributed by atoms with E-state index in [1.165, 1.54) is 11.1 Å². The third kappa shape index (κ3) is 2.74. The first kappa shape index (κ1) is 12.1. The van der Waals surface area contributed by atoms with Gasteiger partial charge in [-0.25, -0.2) is 9.97 Å². The predicted octanol–water partition coefficient (Wildman–Crippen LogP) is 2.08. The molecule has 0 bridgehead atoms. The second-order valence-electron chi connectivity index (χ2n) is 4.70. The number of hydrogen-bond donors (Lipinski definition) is 1. The zero-order valence-corrected chi connectivity index (χ0v) is 10.6. The Hall–Kier alpha value is -1.94. The van der Waals surface area contributed by atoms with Gasteiger partial charge in [-0.15, -0.1) is 0 Å². The van der Waals surface area contributed by atoms with Crippen molar-refractivity contribution in [3.8, 4) is 5.75 Å². The zero-order chi connectivity index (χ0) is 13.1. The molecule has 0 saturated heterocycles. The molecule has 4 heteroatoms. The summed E-state index contributed by atoms with van der Waals surface area (Å²) in [6, 6.07) is 7.99. The summed E-state index contributed by atoms with van der Waals surface area (Å²) in [7, 11) is 0. The number of aryl methyl sites for hydroxylation is 1. The Kier molecular flexibility index (Phi) is 3.42. The molecule has 0 fully saturated rings. The molecule has 1 aromatic heterocycles. The maximum Gasteiger partial charge on any atom is 0.156 e. The lowest BCUT2D eigenvalue weighted by molar-refractivity contribution is 0.158. The van der Waals surface area contributed by atoms with Crippen molar-refractivity contribution >= 4 is 0 Å². The number of fused-ring (bicyclic) bond motifs is 1. The van der Waals surface area contributed by atoms with E-state index in [0.29, 0.717) is 12.2 Å². The Morgan fingerprint density at radius 1 is 1.26 bits per heavy atom. The van der Waals surface area contributed by atoms with Gasteiger partial charge in [0.2, 0.25) is 0 Å². The van der Waals surface area contributed by atoms with Gasteiger partial charge in [-0.3, -0.25) is 0 Å². The standard InChI is InChI=1S/C15H16N2O2/c18-13(15-16-7-1-8-17-15)4-2-11-3-5-14-12(10-11)6-9-19-14/h1,3,5,7-8,10,13,18H,2,4,6,9H2. The molecule has 98 valence electrons. The van der Waals surface area contributed by atoms with E-state index < -0.39 is 6.10 Å². The van der Waals surface area contributed by atoms with Gasteiger partial charge in [-0.2, -0.15) is 0 Å². The minimum absolute atomic E-state index is 0.493. The van der Waals surface area contributed by atoms with E-state index in [2.05, 4.69) is 22.1 Å². The molecule has 1 aliphatic heterocycles. The van der Waals surface area contributed by atoms with Gasteiger partial charge < -0.3 is 9.84 Å². The molecule has 1 atom stereocenters. The van der Waals surface area contributed by atoms with Gasteiger partial charge in [0.25, 0.3) is 0 Å². The summed E-state index contributed by atoms with van der Waals surface area (Å²) in [5.41, 5.74) is 2.49. The van der Waals surface area contributed by atoms with Crippen LogP contribution >= 0.6 is 0 Å². The van der Waals surface area contributed by atoms with Gasteiger partial charge in [-0.05, 0) is 36.1 Å². The number of benzene rings is 1. The Labute approximate surface area is 112 Å². The van der Waals surface area contributed by atoms with Crippen LogP contribution in [0.4, 0.5) is 0 Å². The lowest BCUT2D eigenvalue weighted by Crippen LogP contribution is -2.04. The summed E-state index contributed by atoms with van der Waals surface area (Å²) in [5, 5.41) is 10.0. The largest absolute Gasteiger partial charge is 0.493 e. The van der Waals surface area contributed by atoms with Crippen LogP contribution in [0.3, 0.4) is 0 Å². The van der Waals surface area contributed by atoms with Gasteiger partial charge in [-0.1, -0.05) is 12.1 Å². The van der Waals surface area contributed by atoms with E-state index in [0.717, 1.165) is 25.2 Å². The lowest BCUT2D eigenvalue weighted by Gasteiger charge is -2.09. The Morgan fingerprint density at radius 2 is 2.11 bits per heavy atom. The Balaban J connectivity index is 1.63. The molecule has 2 heterocycles. The number of hydrogen-bond acceptors (Lipinski definition) is 4. The van der Waals surface area contributed by atoms with Crippen LogP contribution in [-0.4, -0.2) is 21.7 Å². The van der Waals surface area contributed by atoms with Crippen LogP contribution in [0.15, 0.2) is 36.7 Å². The molecule has 2 aromatic rings. The van der Waals surface area contributed by atoms with E-state index >= 15 is 0 Å². The van der Waals surface area contributed by atoms with Crippen molar-refractivity contribution in [1.29, 1.82) is 0 Å². The summed E-state index contributed by atoms with van der Waals surface area (Å²) in [5.74, 6) is 1.49. The molecule has 0 saturated carbocycles. The van der Waals surface area contributed by atoms with E-state index in [1.54, 1.807) is 18.5 Å². The van der Waals surface area contributed by atoms with Crippen LogP contribution in [0, 0.1) is 0 Å². The molecule has 3 rings (SSSR count). The molecule has 1 N–H and O–H groups in total. The van der Waals surface area contributed by atoms with Crippen molar-refractivity contribution in [2.24, 2.45) is 0 Å². The maximum atomic E-state index is 10.0. The molecular weight excluding hydrogens is 240 g/mol. The monoisotopic (exact) mass is 256 g/mol. The van der Waals surface area contributed by atoms with Crippen molar-refractivity contribution in [2.75, 3.05) is 6.61 Å². The summed E-state index contributed by atoms with van der Waals surface area (Å²) >= 11 is 0. The molecule has 1 aromatic carbocycles. The van der Waals surface area contributed by atoms with Gasteiger partial charge in [0.05, 0.1) is 6.61 Å². The van der Waals surface area contributed by atoms with Crippen molar-refractivity contribution in [3.05, 3.63) is 53.6 Å². The number of aliphatic hydroxyl groups excluding tert-OH is 1. The van der Waals surface area contributed by atoms with Crippen molar-refractivity contribution in [2.45, 2.75) is 25.4 Å². The van der Waals surface area contributed by atoms with E-state index in [9.17, 15) is 5.11 Å². The number of ether oxygens (including phenoxy) is 1. The first-order chi connectivity index (χ1) is 9.33. The third-order valence-electron chi connectivity index (χ3n) is 3.34. The maximum absolute atomic E-state index is 10.0. The summed E-state index contributed by atoms with van der Waals surface area (Å²) in [6.45, 7) is 0.777. The van der Waals surface area contributed by atoms with E-state index in [1.807, 2.05) is 6.07 Å². The van der Waals surface area contributed by atoms with Crippen molar-refractivity contribution in [1.82, 2.24) is 9.97 Å². The van der Waals surface area contributed by atoms with Crippen LogP contribution in [0.2, 0.25) is 0 Å². The van der Waals surface area contributed by atoms with Crippen LogP contribution in [0.1, 0.15) is 29.5 Å². The molecule has 0 spiro atoms. The first-order valence-electron chi connectivity index (χ1n) is 6.52. The topological polar surface area (TPSA) is 55.2 Å². The van der Waals surface area contributed by atoms with Gasteiger partial charge in [0.15, 0.2) is 5.82 Å². The van der Waals surface area contributed by atoms with Crippen LogP contribution in [0.25, 0.3) is 0 Å². The number of nitrogens with zero attached hydrogens (tertiary/aromatic N) is 2. The molecule has 0 radical (unpaired) electrons. The molecule has 0 aliphatic carbocycles. The number of aromatic nitrogens is 2. The minimum atomic E-state index is -0.606. The highest BCUT2D eigenvalue weighted by molar-refractivity contribution is 5.39. The summed E-state index contributed by atoms with van der Waals surface area (Å²) < 4.78 is 5.48. The Bertz CT molecular complexity index is 557. The fourth-order valence-electron chi connectivity index (χ4n) is 2.31. The normalized spacial score (nSPS) is 14.8. The van der Waals surface area contributed by atoms with Crippen LogP contribution in [0.5, 0.6) is 5.75 Å². The second kappa shape index (κ2) is 5.36. The molecule has 1 aliphatic rings. The SMILES string of the molecule is OC(CCc1ccc2c(c1)CCO2)c1ncccn1. The molecule has 1 unspecified atom stereocenters. The fourth-order valence-corrected chi connectivity index (χ4v) is 2.31.